The van der Waals surface area contributed by atoms with Crippen molar-refractivity contribution in [1.82, 2.24) is 24.7 Å². The van der Waals surface area contributed by atoms with Crippen molar-refractivity contribution in [2.75, 3.05) is 5.32 Å². The molecule has 0 aliphatic rings. The quantitative estimate of drug-likeness (QED) is 0.748. The van der Waals surface area contributed by atoms with Crippen molar-refractivity contribution in [3.05, 3.63) is 35.7 Å². The molecule has 0 fully saturated rings. The highest BCUT2D eigenvalue weighted by Gasteiger charge is 2.08. The second-order valence-electron chi connectivity index (χ2n) is 4.00. The van der Waals surface area contributed by atoms with Gasteiger partial charge in [0.1, 0.15) is 5.82 Å². The van der Waals surface area contributed by atoms with Gasteiger partial charge < -0.3 is 9.84 Å². The first kappa shape index (κ1) is 10.7. The number of hydrogen-bond donors (Lipinski definition) is 1. The van der Waals surface area contributed by atoms with Gasteiger partial charge in [-0.2, -0.15) is 0 Å². The van der Waals surface area contributed by atoms with E-state index in [4.69, 9.17) is 4.52 Å². The van der Waals surface area contributed by atoms with E-state index in [1.807, 2.05) is 30.5 Å². The van der Waals surface area contributed by atoms with Crippen LogP contribution in [0.15, 0.2) is 23.0 Å². The molecular formula is C11H12N6O. The molecule has 3 aromatic heterocycles. The molecule has 0 unspecified atom stereocenters. The molecule has 18 heavy (non-hydrogen) atoms. The Labute approximate surface area is 103 Å². The molecule has 92 valence electrons. The Morgan fingerprint density at radius 1 is 1.33 bits per heavy atom. The topological polar surface area (TPSA) is 81.1 Å². The zero-order valence-corrected chi connectivity index (χ0v) is 10.1. The fraction of sp³-hybridized carbons (Fsp3) is 0.273. The van der Waals surface area contributed by atoms with E-state index in [2.05, 4.69) is 25.7 Å². The fourth-order valence-corrected chi connectivity index (χ4v) is 1.74. The third-order valence-corrected chi connectivity index (χ3v) is 2.60. The average molecular weight is 244 g/mol. The van der Waals surface area contributed by atoms with E-state index in [0.717, 1.165) is 17.3 Å². The lowest BCUT2D eigenvalue weighted by Gasteiger charge is -2.03. The van der Waals surface area contributed by atoms with Crippen LogP contribution < -0.4 is 5.32 Å². The highest BCUT2D eigenvalue weighted by Crippen LogP contribution is 2.13. The summed E-state index contributed by atoms with van der Waals surface area (Å²) in [5, 5.41) is 15.1. The molecule has 7 nitrogen and oxygen atoms in total. The minimum absolute atomic E-state index is 0.513. The van der Waals surface area contributed by atoms with Crippen LogP contribution in [0.25, 0.3) is 5.65 Å². The maximum absolute atomic E-state index is 5.12. The number of fused-ring (bicyclic) bond motifs is 1. The van der Waals surface area contributed by atoms with Crippen LogP contribution in [0.2, 0.25) is 0 Å². The van der Waals surface area contributed by atoms with Crippen molar-refractivity contribution in [2.24, 2.45) is 0 Å². The van der Waals surface area contributed by atoms with Crippen LogP contribution in [0.4, 0.5) is 5.82 Å². The maximum Gasteiger partial charge on any atom is 0.203 e. The van der Waals surface area contributed by atoms with E-state index in [-0.39, 0.29) is 0 Å². The molecule has 0 amide bonds. The molecule has 3 rings (SSSR count). The monoisotopic (exact) mass is 244 g/mol. The lowest BCUT2D eigenvalue weighted by atomic mass is 10.4. The Kier molecular flexibility index (Phi) is 2.44. The number of anilines is 1. The largest absolute Gasteiger partial charge is 0.360 e. The smallest absolute Gasteiger partial charge is 0.203 e. The molecule has 0 saturated carbocycles. The fourth-order valence-electron chi connectivity index (χ4n) is 1.74. The summed E-state index contributed by atoms with van der Waals surface area (Å²) in [7, 11) is 0. The Morgan fingerprint density at radius 3 is 3.00 bits per heavy atom. The zero-order valence-electron chi connectivity index (χ0n) is 10.1. The summed E-state index contributed by atoms with van der Waals surface area (Å²) < 4.78 is 7.00. The molecular weight excluding hydrogens is 232 g/mol. The predicted octanol–water partition coefficient (Wildman–Crippen LogP) is 1.34. The Balaban J connectivity index is 1.86. The predicted molar refractivity (Wildman–Crippen MR) is 64.1 cm³/mol. The van der Waals surface area contributed by atoms with Gasteiger partial charge in [0.05, 0.1) is 12.2 Å². The van der Waals surface area contributed by atoms with E-state index in [0.29, 0.717) is 18.0 Å². The van der Waals surface area contributed by atoms with Gasteiger partial charge in [0.25, 0.3) is 0 Å². The SMILES string of the molecule is Cc1cc(CNc2nccn3c(C)nnc23)on1. The Bertz CT molecular complexity index is 686. The highest BCUT2D eigenvalue weighted by molar-refractivity contribution is 5.61. The summed E-state index contributed by atoms with van der Waals surface area (Å²) in [5.41, 5.74) is 1.56. The van der Waals surface area contributed by atoms with E-state index in [1.54, 1.807) is 6.20 Å². The molecule has 0 radical (unpaired) electrons. The standard InChI is InChI=1S/C11H12N6O/c1-7-5-9(18-16-7)6-13-10-11-15-14-8(2)17(11)4-3-12-10/h3-5H,6H2,1-2H3,(H,12,13). The van der Waals surface area contributed by atoms with Crippen molar-refractivity contribution in [2.45, 2.75) is 20.4 Å². The van der Waals surface area contributed by atoms with E-state index < -0.39 is 0 Å². The summed E-state index contributed by atoms with van der Waals surface area (Å²) in [4.78, 5) is 4.25. The minimum atomic E-state index is 0.513. The minimum Gasteiger partial charge on any atom is -0.360 e. The van der Waals surface area contributed by atoms with Gasteiger partial charge in [0.2, 0.25) is 5.65 Å². The first-order chi connectivity index (χ1) is 8.74. The first-order valence-corrected chi connectivity index (χ1v) is 5.56. The Hall–Kier alpha value is -2.44. The third-order valence-electron chi connectivity index (χ3n) is 2.60. The van der Waals surface area contributed by atoms with Crippen molar-refractivity contribution < 1.29 is 4.52 Å². The molecule has 0 bridgehead atoms. The van der Waals surface area contributed by atoms with Crippen LogP contribution in [-0.4, -0.2) is 24.7 Å². The van der Waals surface area contributed by atoms with Crippen molar-refractivity contribution in [1.29, 1.82) is 0 Å². The second-order valence-corrected chi connectivity index (χ2v) is 4.00. The molecule has 7 heteroatoms. The second kappa shape index (κ2) is 4.10. The highest BCUT2D eigenvalue weighted by atomic mass is 16.5. The molecule has 3 aromatic rings. The summed E-state index contributed by atoms with van der Waals surface area (Å²) in [6, 6.07) is 1.88. The van der Waals surface area contributed by atoms with Gasteiger partial charge in [-0.05, 0) is 13.8 Å². The lowest BCUT2D eigenvalue weighted by Crippen LogP contribution is -2.03. The maximum atomic E-state index is 5.12. The normalized spacial score (nSPS) is 11.0. The van der Waals surface area contributed by atoms with E-state index in [9.17, 15) is 0 Å². The van der Waals surface area contributed by atoms with Gasteiger partial charge in [-0.1, -0.05) is 5.16 Å². The number of aromatic nitrogens is 5. The number of hydrogen-bond acceptors (Lipinski definition) is 6. The van der Waals surface area contributed by atoms with Crippen molar-refractivity contribution in [3.8, 4) is 0 Å². The molecule has 0 spiro atoms. The number of nitrogens with one attached hydrogen (secondary N) is 1. The van der Waals surface area contributed by atoms with Crippen molar-refractivity contribution in [3.63, 3.8) is 0 Å². The molecule has 0 aromatic carbocycles. The Morgan fingerprint density at radius 2 is 2.22 bits per heavy atom. The number of nitrogens with zero attached hydrogens (tertiary/aromatic N) is 5. The van der Waals surface area contributed by atoms with Crippen LogP contribution >= 0.6 is 0 Å². The van der Waals surface area contributed by atoms with Gasteiger partial charge in [0, 0.05) is 18.5 Å². The average Bonchev–Trinajstić information content (AvgIpc) is 2.94. The summed E-state index contributed by atoms with van der Waals surface area (Å²) in [5.74, 6) is 2.26. The molecule has 3 heterocycles. The number of aryl methyl sites for hydroxylation is 2. The molecule has 1 N–H and O–H groups in total. The van der Waals surface area contributed by atoms with Crippen LogP contribution in [0.5, 0.6) is 0 Å². The summed E-state index contributed by atoms with van der Waals surface area (Å²) >= 11 is 0. The first-order valence-electron chi connectivity index (χ1n) is 5.56. The van der Waals surface area contributed by atoms with Crippen molar-refractivity contribution >= 4 is 11.5 Å². The summed E-state index contributed by atoms with van der Waals surface area (Å²) in [6.07, 6.45) is 3.53. The van der Waals surface area contributed by atoms with Gasteiger partial charge in [0.15, 0.2) is 11.6 Å². The molecule has 0 atom stereocenters. The van der Waals surface area contributed by atoms with Gasteiger partial charge in [-0.25, -0.2) is 4.98 Å². The zero-order chi connectivity index (χ0) is 12.5. The van der Waals surface area contributed by atoms with Gasteiger partial charge in [-0.3, -0.25) is 4.40 Å². The van der Waals surface area contributed by atoms with Gasteiger partial charge >= 0.3 is 0 Å². The van der Waals surface area contributed by atoms with Crippen LogP contribution in [0.3, 0.4) is 0 Å². The third kappa shape index (κ3) is 1.79. The molecule has 0 saturated heterocycles. The van der Waals surface area contributed by atoms with Gasteiger partial charge in [-0.15, -0.1) is 10.2 Å². The van der Waals surface area contributed by atoms with Crippen LogP contribution in [0.1, 0.15) is 17.3 Å². The molecule has 0 aliphatic heterocycles. The van der Waals surface area contributed by atoms with E-state index >= 15 is 0 Å². The lowest BCUT2D eigenvalue weighted by molar-refractivity contribution is 0.384. The van der Waals surface area contributed by atoms with Crippen LogP contribution in [-0.2, 0) is 6.54 Å². The molecule has 0 aliphatic carbocycles. The van der Waals surface area contributed by atoms with Crippen LogP contribution in [0, 0.1) is 13.8 Å². The summed E-state index contributed by atoms with van der Waals surface area (Å²) in [6.45, 7) is 4.29. The van der Waals surface area contributed by atoms with E-state index in [1.165, 1.54) is 0 Å². The number of rotatable bonds is 3.